The summed E-state index contributed by atoms with van der Waals surface area (Å²) in [5, 5.41) is 21.3. The van der Waals surface area contributed by atoms with E-state index in [4.69, 9.17) is 10.00 Å². The molecular formula is C14H19FN2O2. The van der Waals surface area contributed by atoms with Gasteiger partial charge in [-0.25, -0.2) is 4.39 Å². The van der Waals surface area contributed by atoms with E-state index in [9.17, 15) is 9.50 Å². The molecule has 0 aliphatic heterocycles. The number of benzene rings is 1. The second-order valence-corrected chi connectivity index (χ2v) is 4.77. The van der Waals surface area contributed by atoms with Crippen molar-refractivity contribution >= 4 is 5.69 Å². The Balaban J connectivity index is 2.38. The molecule has 0 aliphatic carbocycles. The number of rotatable bonds is 7. The fourth-order valence-corrected chi connectivity index (χ4v) is 1.46. The van der Waals surface area contributed by atoms with E-state index in [1.165, 1.54) is 18.2 Å². The van der Waals surface area contributed by atoms with Crippen molar-refractivity contribution in [1.29, 1.82) is 5.26 Å². The van der Waals surface area contributed by atoms with Crippen molar-refractivity contribution in [2.45, 2.75) is 20.0 Å². The van der Waals surface area contributed by atoms with E-state index in [1.54, 1.807) is 6.07 Å². The first-order chi connectivity index (χ1) is 9.02. The summed E-state index contributed by atoms with van der Waals surface area (Å²) in [6.45, 7) is 5.21. The van der Waals surface area contributed by atoms with Crippen LogP contribution in [0.2, 0.25) is 0 Å². The van der Waals surface area contributed by atoms with Crippen molar-refractivity contribution in [3.8, 4) is 6.07 Å². The van der Waals surface area contributed by atoms with E-state index >= 15 is 0 Å². The summed E-state index contributed by atoms with van der Waals surface area (Å²) >= 11 is 0. The van der Waals surface area contributed by atoms with E-state index in [-0.39, 0.29) is 18.7 Å². The highest BCUT2D eigenvalue weighted by Gasteiger charge is 2.07. The number of hydrogen-bond acceptors (Lipinski definition) is 4. The second kappa shape index (κ2) is 7.72. The molecule has 0 saturated carbocycles. The summed E-state index contributed by atoms with van der Waals surface area (Å²) in [6.07, 6.45) is -0.644. The minimum atomic E-state index is -0.644. The molecule has 0 heterocycles. The van der Waals surface area contributed by atoms with Gasteiger partial charge in [0.05, 0.1) is 18.3 Å². The number of anilines is 1. The highest BCUT2D eigenvalue weighted by Crippen LogP contribution is 2.13. The van der Waals surface area contributed by atoms with Crippen LogP contribution >= 0.6 is 0 Å². The summed E-state index contributed by atoms with van der Waals surface area (Å²) in [5.74, 6) is -0.121. The zero-order valence-corrected chi connectivity index (χ0v) is 11.2. The largest absolute Gasteiger partial charge is 0.389 e. The van der Waals surface area contributed by atoms with Crippen LogP contribution in [0.1, 0.15) is 19.4 Å². The Kier molecular flexibility index (Phi) is 6.26. The molecule has 1 aromatic rings. The van der Waals surface area contributed by atoms with E-state index in [1.807, 2.05) is 13.8 Å². The van der Waals surface area contributed by atoms with Crippen LogP contribution in [-0.2, 0) is 4.74 Å². The fourth-order valence-electron chi connectivity index (χ4n) is 1.46. The zero-order valence-electron chi connectivity index (χ0n) is 11.2. The van der Waals surface area contributed by atoms with Gasteiger partial charge in [0.15, 0.2) is 0 Å². The summed E-state index contributed by atoms with van der Waals surface area (Å²) in [6, 6.07) is 5.93. The van der Waals surface area contributed by atoms with Crippen LogP contribution in [0.25, 0.3) is 0 Å². The van der Waals surface area contributed by atoms with Crippen molar-refractivity contribution in [1.82, 2.24) is 0 Å². The third-order valence-corrected chi connectivity index (χ3v) is 2.39. The van der Waals surface area contributed by atoms with Gasteiger partial charge < -0.3 is 15.2 Å². The molecule has 0 radical (unpaired) electrons. The molecular weight excluding hydrogens is 247 g/mol. The molecule has 5 heteroatoms. The molecule has 1 aromatic carbocycles. The third-order valence-electron chi connectivity index (χ3n) is 2.39. The monoisotopic (exact) mass is 266 g/mol. The lowest BCUT2D eigenvalue weighted by atomic mass is 10.2. The molecule has 4 nitrogen and oxygen atoms in total. The average molecular weight is 266 g/mol. The lowest BCUT2D eigenvalue weighted by Crippen LogP contribution is -2.25. The molecule has 19 heavy (non-hydrogen) atoms. The lowest BCUT2D eigenvalue weighted by Gasteiger charge is -2.14. The van der Waals surface area contributed by atoms with Gasteiger partial charge in [0.25, 0.3) is 0 Å². The van der Waals surface area contributed by atoms with Crippen LogP contribution < -0.4 is 5.32 Å². The summed E-state index contributed by atoms with van der Waals surface area (Å²) < 4.78 is 18.4. The Morgan fingerprint density at radius 1 is 1.42 bits per heavy atom. The Morgan fingerprint density at radius 2 is 2.16 bits per heavy atom. The first-order valence-electron chi connectivity index (χ1n) is 6.22. The van der Waals surface area contributed by atoms with Gasteiger partial charge in [-0.2, -0.15) is 5.26 Å². The van der Waals surface area contributed by atoms with Crippen molar-refractivity contribution in [2.75, 3.05) is 25.1 Å². The number of aliphatic hydroxyl groups is 1. The smallest absolute Gasteiger partial charge is 0.141 e. The Labute approximate surface area is 112 Å². The molecule has 1 unspecified atom stereocenters. The molecule has 0 aromatic heterocycles. The van der Waals surface area contributed by atoms with Crippen molar-refractivity contribution in [3.63, 3.8) is 0 Å². The summed E-state index contributed by atoms with van der Waals surface area (Å²) in [4.78, 5) is 0. The Hall–Kier alpha value is -1.64. The lowest BCUT2D eigenvalue weighted by molar-refractivity contribution is 0.0318. The fraction of sp³-hybridized carbons (Fsp3) is 0.500. The molecule has 2 N–H and O–H groups in total. The minimum Gasteiger partial charge on any atom is -0.389 e. The van der Waals surface area contributed by atoms with Gasteiger partial charge in [-0.1, -0.05) is 13.8 Å². The van der Waals surface area contributed by atoms with Gasteiger partial charge in [0, 0.05) is 18.8 Å². The van der Waals surface area contributed by atoms with Gasteiger partial charge >= 0.3 is 0 Å². The second-order valence-electron chi connectivity index (χ2n) is 4.77. The SMILES string of the molecule is CC(C)COCC(O)CNc1ccc(F)c(C#N)c1. The minimum absolute atomic E-state index is 0.0180. The molecule has 0 amide bonds. The maximum Gasteiger partial charge on any atom is 0.141 e. The molecule has 0 fully saturated rings. The number of hydrogen-bond donors (Lipinski definition) is 2. The van der Waals surface area contributed by atoms with Crippen molar-refractivity contribution in [3.05, 3.63) is 29.6 Å². The summed E-state index contributed by atoms with van der Waals surface area (Å²) in [5.41, 5.74) is 0.580. The number of aliphatic hydroxyl groups excluding tert-OH is 1. The predicted molar refractivity (Wildman–Crippen MR) is 71.3 cm³/mol. The summed E-state index contributed by atoms with van der Waals surface area (Å²) in [7, 11) is 0. The molecule has 0 bridgehead atoms. The number of nitrogens with zero attached hydrogens (tertiary/aromatic N) is 1. The number of halogens is 1. The highest BCUT2D eigenvalue weighted by molar-refractivity contribution is 5.49. The maximum absolute atomic E-state index is 13.1. The third kappa shape index (κ3) is 5.69. The van der Waals surface area contributed by atoms with Gasteiger partial charge in [-0.3, -0.25) is 0 Å². The van der Waals surface area contributed by atoms with Crippen LogP contribution in [0.4, 0.5) is 10.1 Å². The topological polar surface area (TPSA) is 65.3 Å². The van der Waals surface area contributed by atoms with E-state index < -0.39 is 11.9 Å². The number of nitrogens with one attached hydrogen (secondary N) is 1. The van der Waals surface area contributed by atoms with E-state index in [0.717, 1.165) is 0 Å². The number of ether oxygens (including phenoxy) is 1. The van der Waals surface area contributed by atoms with Gasteiger partial charge in [-0.05, 0) is 24.1 Å². The van der Waals surface area contributed by atoms with Crippen LogP contribution in [-0.4, -0.2) is 31.0 Å². The van der Waals surface area contributed by atoms with E-state index in [0.29, 0.717) is 18.2 Å². The van der Waals surface area contributed by atoms with Gasteiger partial charge in [0.1, 0.15) is 11.9 Å². The van der Waals surface area contributed by atoms with Crippen molar-refractivity contribution < 1.29 is 14.2 Å². The van der Waals surface area contributed by atoms with Gasteiger partial charge in [0.2, 0.25) is 0 Å². The maximum atomic E-state index is 13.1. The normalized spacial score (nSPS) is 12.2. The predicted octanol–water partition coefficient (Wildman–Crippen LogP) is 2.14. The van der Waals surface area contributed by atoms with Crippen LogP contribution in [0.5, 0.6) is 0 Å². The van der Waals surface area contributed by atoms with Crippen molar-refractivity contribution in [2.24, 2.45) is 5.92 Å². The van der Waals surface area contributed by atoms with E-state index in [2.05, 4.69) is 5.32 Å². The molecule has 0 aliphatic rings. The van der Waals surface area contributed by atoms with Gasteiger partial charge in [-0.15, -0.1) is 0 Å². The zero-order chi connectivity index (χ0) is 14.3. The molecule has 1 rings (SSSR count). The van der Waals surface area contributed by atoms with Crippen LogP contribution in [0, 0.1) is 23.1 Å². The van der Waals surface area contributed by atoms with Crippen LogP contribution in [0.15, 0.2) is 18.2 Å². The molecule has 0 spiro atoms. The average Bonchev–Trinajstić information content (AvgIpc) is 2.37. The molecule has 104 valence electrons. The van der Waals surface area contributed by atoms with Crippen LogP contribution in [0.3, 0.4) is 0 Å². The molecule has 1 atom stereocenters. The Morgan fingerprint density at radius 3 is 2.79 bits per heavy atom. The number of nitriles is 1. The quantitative estimate of drug-likeness (QED) is 0.793. The first kappa shape index (κ1) is 15.4. The first-order valence-corrected chi connectivity index (χ1v) is 6.22. The highest BCUT2D eigenvalue weighted by atomic mass is 19.1. The Bertz CT molecular complexity index is 444. The standard InChI is InChI=1S/C14H19FN2O2/c1-10(2)8-19-9-13(18)7-17-12-3-4-14(15)11(5-12)6-16/h3-5,10,13,17-18H,7-9H2,1-2H3. The molecule has 0 saturated heterocycles.